The average molecular weight is 490 g/mol. The van der Waals surface area contributed by atoms with E-state index in [0.29, 0.717) is 24.4 Å². The Hall–Kier alpha value is -3.91. The van der Waals surface area contributed by atoms with Crippen LogP contribution >= 0.6 is 0 Å². The quantitative estimate of drug-likeness (QED) is 0.477. The Morgan fingerprint density at radius 2 is 1.72 bits per heavy atom. The van der Waals surface area contributed by atoms with Crippen molar-refractivity contribution in [1.82, 2.24) is 10.6 Å². The highest BCUT2D eigenvalue weighted by Crippen LogP contribution is 2.33. The molecule has 188 valence electrons. The normalized spacial score (nSPS) is 15.8. The van der Waals surface area contributed by atoms with Crippen LogP contribution in [-0.2, 0) is 14.3 Å². The summed E-state index contributed by atoms with van der Waals surface area (Å²) < 4.78 is 10.8. The van der Waals surface area contributed by atoms with Gasteiger partial charge in [-0.1, -0.05) is 48.5 Å². The van der Waals surface area contributed by atoms with Crippen molar-refractivity contribution in [2.24, 2.45) is 0 Å². The van der Waals surface area contributed by atoms with Gasteiger partial charge in [-0.3, -0.25) is 19.3 Å². The van der Waals surface area contributed by atoms with Crippen LogP contribution in [-0.4, -0.2) is 43.5 Å². The lowest BCUT2D eigenvalue weighted by atomic mass is 9.99. The number of hydrogen-bond acceptors (Lipinski definition) is 5. The summed E-state index contributed by atoms with van der Waals surface area (Å²) in [4.78, 5) is 41.4. The lowest BCUT2D eigenvalue weighted by Gasteiger charge is -2.34. The maximum absolute atomic E-state index is 13.8. The van der Waals surface area contributed by atoms with Crippen molar-refractivity contribution < 1.29 is 23.5 Å². The predicted molar refractivity (Wildman–Crippen MR) is 136 cm³/mol. The lowest BCUT2D eigenvalue weighted by Crippen LogP contribution is -2.49. The van der Waals surface area contributed by atoms with E-state index < -0.39 is 17.9 Å². The molecule has 0 unspecified atom stereocenters. The van der Waals surface area contributed by atoms with Gasteiger partial charge in [0, 0.05) is 13.2 Å². The van der Waals surface area contributed by atoms with Crippen LogP contribution in [0.2, 0.25) is 0 Å². The molecule has 4 rings (SSSR count). The highest BCUT2D eigenvalue weighted by Gasteiger charge is 2.35. The number of rotatable bonds is 9. The Morgan fingerprint density at radius 3 is 2.36 bits per heavy atom. The van der Waals surface area contributed by atoms with Crippen LogP contribution in [0.1, 0.15) is 46.1 Å². The van der Waals surface area contributed by atoms with E-state index in [2.05, 4.69) is 10.6 Å². The second-order valence-corrected chi connectivity index (χ2v) is 8.86. The number of benzene rings is 2. The molecule has 1 fully saturated rings. The fourth-order valence-corrected chi connectivity index (χ4v) is 4.49. The zero-order valence-electron chi connectivity index (χ0n) is 20.5. The highest BCUT2D eigenvalue weighted by molar-refractivity contribution is 6.05. The van der Waals surface area contributed by atoms with Gasteiger partial charge >= 0.3 is 0 Å². The minimum atomic E-state index is -0.944. The van der Waals surface area contributed by atoms with Gasteiger partial charge in [0.2, 0.25) is 11.8 Å². The van der Waals surface area contributed by atoms with E-state index in [1.807, 2.05) is 62.4 Å². The molecule has 36 heavy (non-hydrogen) atoms. The van der Waals surface area contributed by atoms with E-state index in [4.69, 9.17) is 9.15 Å². The van der Waals surface area contributed by atoms with Crippen molar-refractivity contribution in [3.63, 3.8) is 0 Å². The molecular weight excluding hydrogens is 458 g/mol. The van der Waals surface area contributed by atoms with Crippen LogP contribution < -0.4 is 15.5 Å². The second kappa shape index (κ2) is 11.7. The fraction of sp³-hybridized carbons (Fsp3) is 0.321. The smallest absolute Gasteiger partial charge is 0.287 e. The van der Waals surface area contributed by atoms with Crippen molar-refractivity contribution in [2.45, 2.75) is 38.8 Å². The molecule has 8 nitrogen and oxygen atoms in total. The van der Waals surface area contributed by atoms with Gasteiger partial charge in [-0.05, 0) is 55.5 Å². The standard InChI is InChI=1S/C28H31N3O5/c1-19-9-6-10-20(2)25(19)31(24(32)18-30-27(33)23-14-8-16-36-23)26(21-11-4-3-5-12-21)28(34)29-17-22-13-7-15-35-22/h3-6,8-12,14,16,22,26H,7,13,15,17-18H2,1-2H3,(H,29,34)(H,30,33)/t22-,26-/m1/s1. The number of nitrogens with zero attached hydrogens (tertiary/aromatic N) is 1. The van der Waals surface area contributed by atoms with E-state index in [1.165, 1.54) is 17.2 Å². The third kappa shape index (κ3) is 5.83. The summed E-state index contributed by atoms with van der Waals surface area (Å²) in [6.45, 7) is 4.54. The Morgan fingerprint density at radius 1 is 0.972 bits per heavy atom. The van der Waals surface area contributed by atoms with Crippen LogP contribution in [0, 0.1) is 13.8 Å². The number of ether oxygens (including phenoxy) is 1. The molecule has 0 spiro atoms. The third-order valence-corrected chi connectivity index (χ3v) is 6.24. The first kappa shape index (κ1) is 25.2. The Bertz CT molecular complexity index is 1170. The summed E-state index contributed by atoms with van der Waals surface area (Å²) >= 11 is 0. The SMILES string of the molecule is Cc1cccc(C)c1N(C(=O)CNC(=O)c1ccco1)[C@@H](C(=O)NC[C@H]1CCCO1)c1ccccc1. The number of carbonyl (C=O) groups excluding carboxylic acids is 3. The molecule has 2 atom stereocenters. The van der Waals surface area contributed by atoms with Gasteiger partial charge in [-0.25, -0.2) is 0 Å². The second-order valence-electron chi connectivity index (χ2n) is 8.86. The molecule has 1 aliphatic rings. The molecule has 8 heteroatoms. The fourth-order valence-electron chi connectivity index (χ4n) is 4.49. The maximum atomic E-state index is 13.8. The van der Waals surface area contributed by atoms with Gasteiger partial charge in [0.05, 0.1) is 24.6 Å². The minimum absolute atomic E-state index is 0.0395. The van der Waals surface area contributed by atoms with Crippen molar-refractivity contribution in [3.05, 3.63) is 89.4 Å². The first-order chi connectivity index (χ1) is 17.5. The third-order valence-electron chi connectivity index (χ3n) is 6.24. The molecule has 0 saturated carbocycles. The Balaban J connectivity index is 1.68. The van der Waals surface area contributed by atoms with Crippen molar-refractivity contribution in [1.29, 1.82) is 0 Å². The summed E-state index contributed by atoms with van der Waals surface area (Å²) in [5.41, 5.74) is 2.98. The van der Waals surface area contributed by atoms with Crippen LogP contribution in [0.4, 0.5) is 5.69 Å². The van der Waals surface area contributed by atoms with E-state index in [0.717, 1.165) is 24.0 Å². The average Bonchev–Trinajstić information content (AvgIpc) is 3.60. The molecule has 3 amide bonds. The molecule has 1 saturated heterocycles. The Kier molecular flexibility index (Phi) is 8.17. The van der Waals surface area contributed by atoms with Crippen molar-refractivity contribution in [2.75, 3.05) is 24.6 Å². The summed E-state index contributed by atoms with van der Waals surface area (Å²) in [6, 6.07) is 17.1. The van der Waals surface area contributed by atoms with E-state index >= 15 is 0 Å². The lowest BCUT2D eigenvalue weighted by molar-refractivity contribution is -0.126. The van der Waals surface area contributed by atoms with E-state index in [9.17, 15) is 14.4 Å². The summed E-state index contributed by atoms with van der Waals surface area (Å²) in [5, 5.41) is 5.61. The summed E-state index contributed by atoms with van der Waals surface area (Å²) in [5.74, 6) is -1.14. The number of nitrogens with one attached hydrogen (secondary N) is 2. The number of hydrogen-bond donors (Lipinski definition) is 2. The van der Waals surface area contributed by atoms with Gasteiger partial charge < -0.3 is 19.8 Å². The minimum Gasteiger partial charge on any atom is -0.459 e. The monoisotopic (exact) mass is 489 g/mol. The summed E-state index contributed by atoms with van der Waals surface area (Å²) in [6.07, 6.45) is 3.20. The number of furan rings is 1. The molecule has 2 aromatic carbocycles. The molecule has 2 N–H and O–H groups in total. The van der Waals surface area contributed by atoms with Crippen molar-refractivity contribution in [3.8, 4) is 0 Å². The molecule has 0 aliphatic carbocycles. The maximum Gasteiger partial charge on any atom is 0.287 e. The zero-order chi connectivity index (χ0) is 25.5. The summed E-state index contributed by atoms with van der Waals surface area (Å²) in [7, 11) is 0. The first-order valence-electron chi connectivity index (χ1n) is 12.1. The van der Waals surface area contributed by atoms with Gasteiger partial charge in [0.25, 0.3) is 5.91 Å². The van der Waals surface area contributed by atoms with Crippen LogP contribution in [0.25, 0.3) is 0 Å². The predicted octanol–water partition coefficient (Wildman–Crippen LogP) is 3.70. The highest BCUT2D eigenvalue weighted by atomic mass is 16.5. The van der Waals surface area contributed by atoms with Gasteiger partial charge in [0.1, 0.15) is 6.04 Å². The number of aryl methyl sites for hydroxylation is 2. The number of anilines is 1. The molecule has 0 bridgehead atoms. The molecule has 3 aromatic rings. The van der Waals surface area contributed by atoms with Crippen LogP contribution in [0.5, 0.6) is 0 Å². The molecular formula is C28H31N3O5. The van der Waals surface area contributed by atoms with E-state index in [-0.39, 0.29) is 24.3 Å². The first-order valence-corrected chi connectivity index (χ1v) is 12.1. The number of para-hydroxylation sites is 1. The van der Waals surface area contributed by atoms with Gasteiger partial charge in [-0.2, -0.15) is 0 Å². The topological polar surface area (TPSA) is 101 Å². The Labute approximate surface area is 210 Å². The van der Waals surface area contributed by atoms with Crippen LogP contribution in [0.15, 0.2) is 71.3 Å². The zero-order valence-corrected chi connectivity index (χ0v) is 20.5. The van der Waals surface area contributed by atoms with Crippen LogP contribution in [0.3, 0.4) is 0 Å². The van der Waals surface area contributed by atoms with E-state index in [1.54, 1.807) is 6.07 Å². The molecule has 1 aliphatic heterocycles. The van der Waals surface area contributed by atoms with Gasteiger partial charge in [-0.15, -0.1) is 0 Å². The molecule has 0 radical (unpaired) electrons. The van der Waals surface area contributed by atoms with Gasteiger partial charge in [0.15, 0.2) is 5.76 Å². The molecule has 1 aromatic heterocycles. The molecule has 2 heterocycles. The number of amides is 3. The van der Waals surface area contributed by atoms with Crippen molar-refractivity contribution >= 4 is 23.4 Å². The number of carbonyl (C=O) groups is 3. The largest absolute Gasteiger partial charge is 0.459 e.